The second-order valence-corrected chi connectivity index (χ2v) is 4.90. The lowest BCUT2D eigenvalue weighted by Gasteiger charge is -2.36. The van der Waals surface area contributed by atoms with Crippen LogP contribution in [0.3, 0.4) is 0 Å². The first-order valence-corrected chi connectivity index (χ1v) is 6.46. The van der Waals surface area contributed by atoms with E-state index < -0.39 is 0 Å². The van der Waals surface area contributed by atoms with Crippen LogP contribution in [0.2, 0.25) is 0 Å². The molecule has 0 amide bonds. The standard InChI is InChI=1S/C12H18N6O/c1-8-6-17(7-10(5-13)19-8)11-12-16-15-9(2)18(12)4-3-14-11/h3-4,8,10H,5-7,13H2,1-2H3. The minimum atomic E-state index is 0.0369. The highest BCUT2D eigenvalue weighted by atomic mass is 16.5. The number of ether oxygens (including phenoxy) is 1. The maximum absolute atomic E-state index is 5.77. The van der Waals surface area contributed by atoms with Gasteiger partial charge in [-0.25, -0.2) is 4.98 Å². The molecule has 0 aliphatic carbocycles. The Morgan fingerprint density at radius 2 is 2.26 bits per heavy atom. The number of fused-ring (bicyclic) bond motifs is 1. The van der Waals surface area contributed by atoms with Gasteiger partial charge in [-0.15, -0.1) is 10.2 Å². The molecule has 2 unspecified atom stereocenters. The molecule has 0 radical (unpaired) electrons. The lowest BCUT2D eigenvalue weighted by atomic mass is 10.2. The Morgan fingerprint density at radius 3 is 3.05 bits per heavy atom. The average Bonchev–Trinajstić information content (AvgIpc) is 2.80. The third kappa shape index (κ3) is 2.15. The zero-order chi connectivity index (χ0) is 13.4. The Kier molecular flexibility index (Phi) is 3.08. The van der Waals surface area contributed by atoms with E-state index in [1.807, 2.05) is 24.4 Å². The van der Waals surface area contributed by atoms with Crippen LogP contribution in [0, 0.1) is 6.92 Å². The fourth-order valence-corrected chi connectivity index (χ4v) is 2.50. The van der Waals surface area contributed by atoms with Gasteiger partial charge < -0.3 is 15.4 Å². The molecular weight excluding hydrogens is 244 g/mol. The minimum absolute atomic E-state index is 0.0369. The highest BCUT2D eigenvalue weighted by Crippen LogP contribution is 2.21. The van der Waals surface area contributed by atoms with E-state index in [2.05, 4.69) is 20.1 Å². The lowest BCUT2D eigenvalue weighted by Crippen LogP contribution is -2.49. The van der Waals surface area contributed by atoms with Gasteiger partial charge in [0.2, 0.25) is 5.65 Å². The van der Waals surface area contributed by atoms with E-state index in [4.69, 9.17) is 10.5 Å². The summed E-state index contributed by atoms with van der Waals surface area (Å²) in [5.74, 6) is 1.70. The minimum Gasteiger partial charge on any atom is -0.370 e. The van der Waals surface area contributed by atoms with Crippen molar-refractivity contribution in [2.45, 2.75) is 26.1 Å². The van der Waals surface area contributed by atoms with E-state index in [0.29, 0.717) is 6.54 Å². The molecule has 1 fully saturated rings. The summed E-state index contributed by atoms with van der Waals surface area (Å²) in [4.78, 5) is 6.63. The number of anilines is 1. The van der Waals surface area contributed by atoms with Crippen molar-refractivity contribution >= 4 is 11.5 Å². The number of nitrogens with two attached hydrogens (primary N) is 1. The van der Waals surface area contributed by atoms with Crippen molar-refractivity contribution in [1.82, 2.24) is 19.6 Å². The molecule has 0 aromatic carbocycles. The van der Waals surface area contributed by atoms with Gasteiger partial charge in [-0.1, -0.05) is 0 Å². The van der Waals surface area contributed by atoms with E-state index in [0.717, 1.165) is 30.4 Å². The number of nitrogens with zero attached hydrogens (tertiary/aromatic N) is 5. The summed E-state index contributed by atoms with van der Waals surface area (Å²) in [7, 11) is 0. The molecule has 2 aromatic heterocycles. The summed E-state index contributed by atoms with van der Waals surface area (Å²) < 4.78 is 7.71. The molecule has 1 saturated heterocycles. The summed E-state index contributed by atoms with van der Waals surface area (Å²) in [6.45, 7) is 6.00. The lowest BCUT2D eigenvalue weighted by molar-refractivity contribution is -0.0106. The quantitative estimate of drug-likeness (QED) is 0.819. The van der Waals surface area contributed by atoms with Gasteiger partial charge in [-0.2, -0.15) is 0 Å². The van der Waals surface area contributed by atoms with Gasteiger partial charge in [-0.3, -0.25) is 4.40 Å². The van der Waals surface area contributed by atoms with Crippen LogP contribution in [0.4, 0.5) is 5.82 Å². The maximum Gasteiger partial charge on any atom is 0.203 e. The topological polar surface area (TPSA) is 81.6 Å². The molecule has 0 spiro atoms. The van der Waals surface area contributed by atoms with Gasteiger partial charge in [0.05, 0.1) is 12.2 Å². The van der Waals surface area contributed by atoms with Crippen LogP contribution in [0.25, 0.3) is 5.65 Å². The SMILES string of the molecule is Cc1nnc2c(N3CC(C)OC(CN)C3)nccn12. The summed E-state index contributed by atoms with van der Waals surface area (Å²) in [5.41, 5.74) is 6.50. The number of aryl methyl sites for hydroxylation is 1. The summed E-state index contributed by atoms with van der Waals surface area (Å²) in [6.07, 6.45) is 3.82. The maximum atomic E-state index is 5.77. The van der Waals surface area contributed by atoms with Crippen LogP contribution < -0.4 is 10.6 Å². The van der Waals surface area contributed by atoms with Gasteiger partial charge in [0.15, 0.2) is 5.82 Å². The largest absolute Gasteiger partial charge is 0.370 e. The smallest absolute Gasteiger partial charge is 0.203 e. The van der Waals surface area contributed by atoms with Crippen LogP contribution in [0.1, 0.15) is 12.7 Å². The fraction of sp³-hybridized carbons (Fsp3) is 0.583. The molecular formula is C12H18N6O. The van der Waals surface area contributed by atoms with E-state index >= 15 is 0 Å². The molecule has 2 N–H and O–H groups in total. The van der Waals surface area contributed by atoms with Crippen LogP contribution in [-0.2, 0) is 4.74 Å². The first-order valence-electron chi connectivity index (χ1n) is 6.46. The second-order valence-electron chi connectivity index (χ2n) is 4.90. The van der Waals surface area contributed by atoms with Crippen molar-refractivity contribution in [3.05, 3.63) is 18.2 Å². The third-order valence-corrected chi connectivity index (χ3v) is 3.37. The molecule has 0 saturated carbocycles. The Labute approximate surface area is 111 Å². The van der Waals surface area contributed by atoms with E-state index in [1.54, 1.807) is 6.20 Å². The predicted octanol–water partition coefficient (Wildman–Crippen LogP) is -0.0149. The molecule has 19 heavy (non-hydrogen) atoms. The Hall–Kier alpha value is -1.73. The van der Waals surface area contributed by atoms with Crippen molar-refractivity contribution in [3.8, 4) is 0 Å². The molecule has 7 heteroatoms. The van der Waals surface area contributed by atoms with Crippen molar-refractivity contribution in [1.29, 1.82) is 0 Å². The second kappa shape index (κ2) is 4.75. The van der Waals surface area contributed by atoms with E-state index in [9.17, 15) is 0 Å². The normalized spacial score (nSPS) is 24.1. The number of morpholine rings is 1. The molecule has 0 bridgehead atoms. The van der Waals surface area contributed by atoms with Crippen LogP contribution >= 0.6 is 0 Å². The Balaban J connectivity index is 1.99. The van der Waals surface area contributed by atoms with Gasteiger partial charge in [0, 0.05) is 32.0 Å². The number of rotatable bonds is 2. The zero-order valence-corrected chi connectivity index (χ0v) is 11.2. The first kappa shape index (κ1) is 12.3. The van der Waals surface area contributed by atoms with Crippen molar-refractivity contribution < 1.29 is 4.74 Å². The first-order chi connectivity index (χ1) is 9.19. The van der Waals surface area contributed by atoms with Gasteiger partial charge >= 0.3 is 0 Å². The van der Waals surface area contributed by atoms with Crippen molar-refractivity contribution in [2.24, 2.45) is 5.73 Å². The molecule has 102 valence electrons. The van der Waals surface area contributed by atoms with Gasteiger partial charge in [-0.05, 0) is 13.8 Å². The van der Waals surface area contributed by atoms with Crippen LogP contribution in [0.5, 0.6) is 0 Å². The van der Waals surface area contributed by atoms with Crippen molar-refractivity contribution in [3.63, 3.8) is 0 Å². The fourth-order valence-electron chi connectivity index (χ4n) is 2.50. The van der Waals surface area contributed by atoms with Crippen LogP contribution in [0.15, 0.2) is 12.4 Å². The average molecular weight is 262 g/mol. The van der Waals surface area contributed by atoms with Crippen molar-refractivity contribution in [2.75, 3.05) is 24.5 Å². The highest BCUT2D eigenvalue weighted by molar-refractivity contribution is 5.64. The predicted molar refractivity (Wildman–Crippen MR) is 71.1 cm³/mol. The molecule has 2 aromatic rings. The number of hydrogen-bond donors (Lipinski definition) is 1. The van der Waals surface area contributed by atoms with Crippen LogP contribution in [-0.4, -0.2) is 51.4 Å². The van der Waals surface area contributed by atoms with Gasteiger partial charge in [0.25, 0.3) is 0 Å². The molecule has 3 heterocycles. The Morgan fingerprint density at radius 1 is 1.42 bits per heavy atom. The number of aromatic nitrogens is 4. The van der Waals surface area contributed by atoms with E-state index in [1.165, 1.54) is 0 Å². The zero-order valence-electron chi connectivity index (χ0n) is 11.2. The Bertz CT molecular complexity index is 583. The summed E-state index contributed by atoms with van der Waals surface area (Å²) in [6, 6.07) is 0. The molecule has 1 aliphatic rings. The molecule has 7 nitrogen and oxygen atoms in total. The summed E-state index contributed by atoms with van der Waals surface area (Å²) >= 11 is 0. The molecule has 2 atom stereocenters. The monoisotopic (exact) mass is 262 g/mol. The highest BCUT2D eigenvalue weighted by Gasteiger charge is 2.27. The molecule has 3 rings (SSSR count). The summed E-state index contributed by atoms with van der Waals surface area (Å²) in [5, 5.41) is 8.31. The van der Waals surface area contributed by atoms with Gasteiger partial charge in [0.1, 0.15) is 5.82 Å². The molecule has 1 aliphatic heterocycles. The third-order valence-electron chi connectivity index (χ3n) is 3.37. The number of hydrogen-bond acceptors (Lipinski definition) is 6. The van der Waals surface area contributed by atoms with E-state index in [-0.39, 0.29) is 12.2 Å².